The molecule has 0 saturated heterocycles. The standard InChI is InChI=1S/C14H12N2O/c1-2-6-11(5-1)13-9-10-14(16-15-13)17-12-7-3-4-8-12/h1-5,7-10,13H,6H2. The molecule has 0 saturated carbocycles. The summed E-state index contributed by atoms with van der Waals surface area (Å²) in [4.78, 5) is 0. The lowest BCUT2D eigenvalue weighted by Gasteiger charge is -2.27. The average Bonchev–Trinajstić information content (AvgIpc) is 3.01. The third kappa shape index (κ3) is 2.18. The van der Waals surface area contributed by atoms with Crippen LogP contribution in [-0.4, -0.2) is 17.7 Å². The van der Waals surface area contributed by atoms with Crippen LogP contribution < -0.4 is 0 Å². The van der Waals surface area contributed by atoms with Crippen LogP contribution in [0.15, 0.2) is 65.4 Å². The highest BCUT2D eigenvalue weighted by molar-refractivity contribution is 6.05. The lowest BCUT2D eigenvalue weighted by Crippen LogP contribution is -2.12. The van der Waals surface area contributed by atoms with Crippen LogP contribution in [0.2, 0.25) is 0 Å². The van der Waals surface area contributed by atoms with E-state index in [4.69, 9.17) is 4.42 Å². The highest BCUT2D eigenvalue weighted by atomic mass is 16.4. The molecule has 0 spiro atoms. The van der Waals surface area contributed by atoms with Crippen molar-refractivity contribution in [1.29, 1.82) is 0 Å². The van der Waals surface area contributed by atoms with Crippen molar-refractivity contribution in [2.45, 2.75) is 12.5 Å². The Balaban J connectivity index is 1.68. The van der Waals surface area contributed by atoms with Gasteiger partial charge in [-0.2, -0.15) is 4.42 Å². The first-order valence-corrected chi connectivity index (χ1v) is 5.63. The second kappa shape index (κ2) is 4.37. The molecule has 0 N–H and O–H groups in total. The summed E-state index contributed by atoms with van der Waals surface area (Å²) < 4.78 is 5.54. The van der Waals surface area contributed by atoms with E-state index in [-0.39, 0.29) is 6.04 Å². The predicted molar refractivity (Wildman–Crippen MR) is 68.8 cm³/mol. The van der Waals surface area contributed by atoms with Crippen molar-refractivity contribution in [3.63, 3.8) is 0 Å². The molecule has 1 unspecified atom stereocenters. The van der Waals surface area contributed by atoms with Crippen LogP contribution >= 0.6 is 0 Å². The fraction of sp³-hybridized carbons (Fsp3) is 0.143. The molecular formula is C14H12N2O. The number of ketones is 1. The fourth-order valence-electron chi connectivity index (χ4n) is 1.84. The highest BCUT2D eigenvalue weighted by Gasteiger charge is 2.14. The maximum Gasteiger partial charge on any atom is 0.434 e. The van der Waals surface area contributed by atoms with Crippen LogP contribution in [0.25, 0.3) is 5.43 Å². The molecular weight excluding hydrogens is 212 g/mol. The van der Waals surface area contributed by atoms with E-state index in [1.807, 2.05) is 36.5 Å². The molecule has 3 rings (SSSR count). The van der Waals surface area contributed by atoms with Crippen molar-refractivity contribution in [3.05, 3.63) is 65.7 Å². The van der Waals surface area contributed by atoms with Gasteiger partial charge < -0.3 is 5.43 Å². The highest BCUT2D eigenvalue weighted by Crippen LogP contribution is 2.24. The zero-order valence-electron chi connectivity index (χ0n) is 9.28. The van der Waals surface area contributed by atoms with Gasteiger partial charge >= 0.3 is 11.7 Å². The first kappa shape index (κ1) is 10.0. The Morgan fingerprint density at radius 2 is 2.06 bits per heavy atom. The predicted octanol–water partition coefficient (Wildman–Crippen LogP) is 2.73. The van der Waals surface area contributed by atoms with E-state index in [1.54, 1.807) is 0 Å². The van der Waals surface area contributed by atoms with Crippen molar-refractivity contribution in [2.24, 2.45) is 5.10 Å². The van der Waals surface area contributed by atoms with E-state index in [0.717, 1.165) is 12.2 Å². The molecule has 84 valence electrons. The molecule has 0 aromatic heterocycles. The summed E-state index contributed by atoms with van der Waals surface area (Å²) >= 11 is 0. The summed E-state index contributed by atoms with van der Waals surface area (Å²) in [6.45, 7) is 0. The topological polar surface area (TPSA) is 37.8 Å². The van der Waals surface area contributed by atoms with E-state index >= 15 is 0 Å². The Morgan fingerprint density at radius 3 is 2.71 bits per heavy atom. The number of carbonyl (C=O) groups excluding carboxylic acids is 1. The number of hydrogen-bond donors (Lipinski definition) is 0. The maximum absolute atomic E-state index is 5.54. The van der Waals surface area contributed by atoms with Crippen LogP contribution in [0, 0.1) is 0 Å². The lowest BCUT2D eigenvalue weighted by molar-refractivity contribution is -0.311. The molecule has 17 heavy (non-hydrogen) atoms. The summed E-state index contributed by atoms with van der Waals surface area (Å²) in [7, 11) is 0. The Morgan fingerprint density at radius 1 is 1.18 bits per heavy atom. The molecule has 0 aromatic carbocycles. The molecule has 0 radical (unpaired) electrons. The minimum absolute atomic E-state index is 0.0667. The van der Waals surface area contributed by atoms with Gasteiger partial charge in [-0.1, -0.05) is 48.1 Å². The van der Waals surface area contributed by atoms with E-state index in [9.17, 15) is 0 Å². The second-order valence-electron chi connectivity index (χ2n) is 3.95. The summed E-state index contributed by atoms with van der Waals surface area (Å²) in [5.74, 6) is 1.34. The normalized spacial score (nSPS) is 24.9. The molecule has 3 nitrogen and oxygen atoms in total. The molecule has 0 bridgehead atoms. The van der Waals surface area contributed by atoms with Crippen LogP contribution in [0.3, 0.4) is 0 Å². The van der Waals surface area contributed by atoms with Gasteiger partial charge in [-0.25, -0.2) is 0 Å². The van der Waals surface area contributed by atoms with E-state index < -0.39 is 0 Å². The molecule has 1 atom stereocenters. The van der Waals surface area contributed by atoms with Crippen molar-refractivity contribution in [3.8, 4) is 0 Å². The van der Waals surface area contributed by atoms with Gasteiger partial charge in [0.2, 0.25) is 0 Å². The first-order chi connectivity index (χ1) is 8.42. The third-order valence-corrected chi connectivity index (χ3v) is 2.74. The molecule has 0 aromatic rings. The summed E-state index contributed by atoms with van der Waals surface area (Å²) in [6.07, 6.45) is 18.8. The molecule has 1 heterocycles. The van der Waals surface area contributed by atoms with Crippen LogP contribution in [0.4, 0.5) is 0 Å². The fourth-order valence-corrected chi connectivity index (χ4v) is 1.84. The summed E-state index contributed by atoms with van der Waals surface area (Å²) in [5.41, 5.74) is 5.52. The van der Waals surface area contributed by atoms with E-state index in [0.29, 0.717) is 5.90 Å². The molecule has 0 amide bonds. The molecule has 0 fully saturated rings. The number of hydrogen-bond acceptors (Lipinski definition) is 1. The number of rotatable bonds is 1. The van der Waals surface area contributed by atoms with Gasteiger partial charge in [0.15, 0.2) is 0 Å². The van der Waals surface area contributed by atoms with Gasteiger partial charge in [0.1, 0.15) is 0 Å². The van der Waals surface area contributed by atoms with Crippen molar-refractivity contribution < 1.29 is 4.42 Å². The number of allylic oxidation sites excluding steroid dienone is 7. The smallest absolute Gasteiger partial charge is 0.434 e. The van der Waals surface area contributed by atoms with Gasteiger partial charge in [0.05, 0.1) is 6.08 Å². The van der Waals surface area contributed by atoms with E-state index in [2.05, 4.69) is 28.8 Å². The minimum atomic E-state index is 0.0667. The maximum atomic E-state index is 5.54. The van der Waals surface area contributed by atoms with Gasteiger partial charge in [-0.05, 0) is 6.42 Å². The quantitative estimate of drug-likeness (QED) is 0.614. The molecule has 3 heteroatoms. The third-order valence-electron chi connectivity index (χ3n) is 2.74. The Hall–Kier alpha value is -2.16. The van der Waals surface area contributed by atoms with Crippen molar-refractivity contribution in [2.75, 3.05) is 0 Å². The summed E-state index contributed by atoms with van der Waals surface area (Å²) in [5, 5.41) is 4.09. The van der Waals surface area contributed by atoms with Crippen LogP contribution in [0.1, 0.15) is 6.42 Å². The zero-order chi connectivity index (χ0) is 11.5. The lowest BCUT2D eigenvalue weighted by atomic mass is 10.1. The zero-order valence-corrected chi connectivity index (χ0v) is 9.28. The first-order valence-electron chi connectivity index (χ1n) is 5.63. The van der Waals surface area contributed by atoms with E-state index in [1.165, 1.54) is 5.57 Å². The Bertz CT molecular complexity index is 516. The summed E-state index contributed by atoms with van der Waals surface area (Å²) in [6, 6.07) is 0.0667. The Kier molecular flexibility index (Phi) is 2.58. The Labute approximate surface area is 99.9 Å². The van der Waals surface area contributed by atoms with Gasteiger partial charge in [-0.15, -0.1) is 0 Å². The van der Waals surface area contributed by atoms with Crippen LogP contribution in [-0.2, 0) is 4.42 Å². The largest absolute Gasteiger partial charge is 0.585 e. The monoisotopic (exact) mass is 224 g/mol. The van der Waals surface area contributed by atoms with Crippen LogP contribution in [0.5, 0.6) is 0 Å². The minimum Gasteiger partial charge on any atom is -0.585 e. The van der Waals surface area contributed by atoms with Gasteiger partial charge in [0.25, 0.3) is 0 Å². The average molecular weight is 224 g/mol. The second-order valence-corrected chi connectivity index (χ2v) is 3.95. The molecule has 1 aliphatic heterocycles. The van der Waals surface area contributed by atoms with Crippen molar-refractivity contribution >= 4 is 11.7 Å². The number of nitrogens with zero attached hydrogens (tertiary/aromatic N) is 2. The SMILES string of the molecule is C1=CCC(C2C=CC([O+]=C3C=CC=C3)=N[N-]2)=C1. The van der Waals surface area contributed by atoms with Crippen molar-refractivity contribution in [1.82, 2.24) is 0 Å². The van der Waals surface area contributed by atoms with Gasteiger partial charge in [-0.3, -0.25) is 5.10 Å². The molecule has 3 aliphatic rings. The molecule has 2 aliphatic carbocycles. The van der Waals surface area contributed by atoms with Gasteiger partial charge in [0, 0.05) is 12.2 Å².